The van der Waals surface area contributed by atoms with Crippen molar-refractivity contribution in [3.8, 4) is 0 Å². The zero-order chi connectivity index (χ0) is 12.7. The van der Waals surface area contributed by atoms with Gasteiger partial charge < -0.3 is 9.47 Å². The number of hydrogen-bond donors (Lipinski definition) is 0. The molecule has 4 aliphatic rings. The average molecular weight is 282 g/mol. The Bertz CT molecular complexity index is 268. The molecule has 0 spiro atoms. The third kappa shape index (κ3) is 3.30. The summed E-state index contributed by atoms with van der Waals surface area (Å²) < 4.78 is 10.9. The number of hydrogen-bond acceptors (Lipinski definition) is 3. The highest BCUT2D eigenvalue weighted by Gasteiger charge is 2.38. The lowest BCUT2D eigenvalue weighted by Crippen LogP contribution is -2.25. The zero-order valence-electron chi connectivity index (χ0n) is 11.8. The van der Waals surface area contributed by atoms with Gasteiger partial charge in [0.1, 0.15) is 0 Å². The van der Waals surface area contributed by atoms with Crippen molar-refractivity contribution in [1.29, 1.82) is 0 Å². The van der Waals surface area contributed by atoms with Crippen LogP contribution in [0.1, 0.15) is 51.4 Å². The van der Waals surface area contributed by atoms with Crippen LogP contribution in [0.2, 0.25) is 0 Å². The van der Waals surface area contributed by atoms with Crippen LogP contribution in [0.25, 0.3) is 0 Å². The lowest BCUT2D eigenvalue weighted by atomic mass is 9.86. The molecule has 0 N–H and O–H groups in total. The summed E-state index contributed by atoms with van der Waals surface area (Å²) in [6, 6.07) is 0. The van der Waals surface area contributed by atoms with Crippen LogP contribution in [0.4, 0.5) is 0 Å². The number of ether oxygens (including phenoxy) is 2. The lowest BCUT2D eigenvalue weighted by Gasteiger charge is -2.33. The molecule has 0 radical (unpaired) electrons. The number of thioether (sulfide) groups is 1. The lowest BCUT2D eigenvalue weighted by molar-refractivity contribution is 0.264. The van der Waals surface area contributed by atoms with Gasteiger partial charge in [0.05, 0.1) is 25.4 Å². The van der Waals surface area contributed by atoms with Crippen molar-refractivity contribution in [2.24, 2.45) is 11.8 Å². The fourth-order valence-electron chi connectivity index (χ4n) is 4.12. The molecule has 2 aliphatic carbocycles. The van der Waals surface area contributed by atoms with Gasteiger partial charge in [0.15, 0.2) is 0 Å². The Balaban J connectivity index is 1.18. The molecule has 2 saturated heterocycles. The molecule has 0 aromatic rings. The first-order valence-corrected chi connectivity index (χ1v) is 9.21. The van der Waals surface area contributed by atoms with E-state index in [0.717, 1.165) is 35.5 Å². The molecule has 19 heavy (non-hydrogen) atoms. The fraction of sp³-hybridized carbons (Fsp3) is 1.00. The quantitative estimate of drug-likeness (QED) is 0.736. The summed E-state index contributed by atoms with van der Waals surface area (Å²) in [5.74, 6) is 1.80. The molecule has 2 aliphatic heterocycles. The molecule has 3 heteroatoms. The Kier molecular flexibility index (Phi) is 3.80. The van der Waals surface area contributed by atoms with E-state index in [1.807, 2.05) is 0 Å². The molecule has 0 aromatic heterocycles. The van der Waals surface area contributed by atoms with Crippen molar-refractivity contribution in [1.82, 2.24) is 0 Å². The van der Waals surface area contributed by atoms with Gasteiger partial charge in [-0.1, -0.05) is 0 Å². The number of epoxide rings is 2. The molecule has 0 aromatic carbocycles. The van der Waals surface area contributed by atoms with E-state index in [4.69, 9.17) is 9.47 Å². The van der Waals surface area contributed by atoms with Gasteiger partial charge in [0.25, 0.3) is 0 Å². The number of rotatable bonds is 4. The van der Waals surface area contributed by atoms with Crippen molar-refractivity contribution < 1.29 is 9.47 Å². The smallest absolute Gasteiger partial charge is 0.0838 e. The summed E-state index contributed by atoms with van der Waals surface area (Å²) in [5, 5.41) is 1.91. The summed E-state index contributed by atoms with van der Waals surface area (Å²) in [6.45, 7) is 2.10. The highest BCUT2D eigenvalue weighted by Crippen LogP contribution is 2.43. The summed E-state index contributed by atoms with van der Waals surface area (Å²) >= 11 is 2.33. The van der Waals surface area contributed by atoms with E-state index in [1.165, 1.54) is 51.4 Å². The highest BCUT2D eigenvalue weighted by atomic mass is 32.2. The Morgan fingerprint density at radius 3 is 1.26 bits per heavy atom. The summed E-state index contributed by atoms with van der Waals surface area (Å²) in [5.41, 5.74) is 0. The molecule has 2 saturated carbocycles. The minimum Gasteiger partial charge on any atom is -0.373 e. The molecular weight excluding hydrogens is 256 g/mol. The van der Waals surface area contributed by atoms with E-state index in [9.17, 15) is 0 Å². The third-order valence-electron chi connectivity index (χ3n) is 5.59. The van der Waals surface area contributed by atoms with Gasteiger partial charge in [-0.25, -0.2) is 0 Å². The first kappa shape index (κ1) is 13.0. The summed E-state index contributed by atoms with van der Waals surface area (Å²) in [4.78, 5) is 0. The minimum absolute atomic E-state index is 0.653. The molecule has 0 amide bonds. The largest absolute Gasteiger partial charge is 0.373 e. The van der Waals surface area contributed by atoms with Crippen LogP contribution in [-0.4, -0.2) is 35.9 Å². The van der Waals surface area contributed by atoms with Crippen LogP contribution < -0.4 is 0 Å². The van der Waals surface area contributed by atoms with Crippen LogP contribution in [-0.2, 0) is 9.47 Å². The second kappa shape index (κ2) is 5.57. The Morgan fingerprint density at radius 1 is 0.579 bits per heavy atom. The van der Waals surface area contributed by atoms with Gasteiger partial charge in [0.2, 0.25) is 0 Å². The summed E-state index contributed by atoms with van der Waals surface area (Å²) in [7, 11) is 0. The van der Waals surface area contributed by atoms with Crippen LogP contribution in [0.3, 0.4) is 0 Å². The Hall–Kier alpha value is 0.270. The molecular formula is C16H26O2S. The maximum Gasteiger partial charge on any atom is 0.0838 e. The first-order valence-electron chi connectivity index (χ1n) is 8.27. The van der Waals surface area contributed by atoms with E-state index in [2.05, 4.69) is 11.8 Å². The van der Waals surface area contributed by atoms with Gasteiger partial charge >= 0.3 is 0 Å². The molecule has 2 nitrogen and oxygen atoms in total. The van der Waals surface area contributed by atoms with Gasteiger partial charge in [-0.3, -0.25) is 0 Å². The van der Waals surface area contributed by atoms with Crippen molar-refractivity contribution in [3.63, 3.8) is 0 Å². The Labute approximate surface area is 121 Å². The second-order valence-electron chi connectivity index (χ2n) is 6.95. The standard InChI is InChI=1S/C16H26O2S/c1-5-13(6-2-11(1)15-9-17-15)19-14-7-3-12(4-8-14)16-10-18-16/h11-16H,1-10H2. The molecule has 2 unspecified atom stereocenters. The molecule has 0 bridgehead atoms. The van der Waals surface area contributed by atoms with Gasteiger partial charge in [-0.15, -0.1) is 0 Å². The molecule has 4 fully saturated rings. The average Bonchev–Trinajstić information content (AvgIpc) is 3.31. The topological polar surface area (TPSA) is 25.1 Å². The van der Waals surface area contributed by atoms with Gasteiger partial charge in [-0.05, 0) is 63.2 Å². The van der Waals surface area contributed by atoms with Gasteiger partial charge in [-0.2, -0.15) is 11.8 Å². The monoisotopic (exact) mass is 282 g/mol. The van der Waals surface area contributed by atoms with E-state index in [-0.39, 0.29) is 0 Å². The van der Waals surface area contributed by atoms with Crippen LogP contribution >= 0.6 is 11.8 Å². The maximum absolute atomic E-state index is 5.45. The second-order valence-corrected chi connectivity index (χ2v) is 8.56. The van der Waals surface area contributed by atoms with Gasteiger partial charge in [0, 0.05) is 10.5 Å². The van der Waals surface area contributed by atoms with E-state index >= 15 is 0 Å². The third-order valence-corrected chi connectivity index (χ3v) is 7.31. The van der Waals surface area contributed by atoms with E-state index < -0.39 is 0 Å². The highest BCUT2D eigenvalue weighted by molar-refractivity contribution is 8.00. The van der Waals surface area contributed by atoms with Crippen molar-refractivity contribution in [3.05, 3.63) is 0 Å². The molecule has 108 valence electrons. The van der Waals surface area contributed by atoms with E-state index in [0.29, 0.717) is 12.2 Å². The van der Waals surface area contributed by atoms with Crippen LogP contribution in [0, 0.1) is 11.8 Å². The minimum atomic E-state index is 0.653. The van der Waals surface area contributed by atoms with Crippen LogP contribution in [0.15, 0.2) is 0 Å². The van der Waals surface area contributed by atoms with Crippen molar-refractivity contribution in [2.45, 2.75) is 74.1 Å². The SMILES string of the molecule is C1CC(C2CO2)CCC1SC1CCC(C2CO2)CC1. The predicted molar refractivity (Wildman–Crippen MR) is 78.6 cm³/mol. The first-order chi connectivity index (χ1) is 9.38. The molecule has 4 rings (SSSR count). The zero-order valence-corrected chi connectivity index (χ0v) is 12.6. The predicted octanol–water partition coefficient (Wildman–Crippen LogP) is 3.63. The summed E-state index contributed by atoms with van der Waals surface area (Å²) in [6.07, 6.45) is 12.8. The van der Waals surface area contributed by atoms with E-state index in [1.54, 1.807) is 0 Å². The normalized spacial score (nSPS) is 49.9. The van der Waals surface area contributed by atoms with Crippen LogP contribution in [0.5, 0.6) is 0 Å². The molecule has 2 atom stereocenters. The fourth-order valence-corrected chi connectivity index (χ4v) is 5.75. The molecule has 2 heterocycles. The Morgan fingerprint density at radius 2 is 0.947 bits per heavy atom. The maximum atomic E-state index is 5.45. The van der Waals surface area contributed by atoms with Crippen molar-refractivity contribution in [2.75, 3.05) is 13.2 Å². The van der Waals surface area contributed by atoms with Crippen molar-refractivity contribution >= 4 is 11.8 Å².